The number of aromatic nitrogens is 2. The third kappa shape index (κ3) is 2.50. The molecule has 0 amide bonds. The van der Waals surface area contributed by atoms with Crippen LogP contribution in [0.25, 0.3) is 11.0 Å². The smallest absolute Gasteiger partial charge is 0.201 e. The molecule has 20 heavy (non-hydrogen) atoms. The fraction of sp³-hybridized carbons (Fsp3) is 0.533. The topological polar surface area (TPSA) is 47.1 Å². The summed E-state index contributed by atoms with van der Waals surface area (Å²) in [5.74, 6) is 0.586. The number of nitrogen functional groups attached to an aromatic ring is 1. The third-order valence-corrected chi connectivity index (χ3v) is 4.71. The Labute approximate surface area is 124 Å². The second-order valence-electron chi connectivity index (χ2n) is 6.30. The zero-order chi connectivity index (χ0) is 14.3. The lowest BCUT2D eigenvalue weighted by Gasteiger charge is -2.38. The number of halogens is 1. The van der Waals surface area contributed by atoms with Crippen LogP contribution in [0.1, 0.15) is 19.8 Å². The van der Waals surface area contributed by atoms with Gasteiger partial charge in [-0.25, -0.2) is 4.98 Å². The van der Waals surface area contributed by atoms with Crippen molar-refractivity contribution in [3.05, 3.63) is 23.2 Å². The standard InChI is InChI=1S/C15H21ClN4/c1-15(5-7-19(2)8-6-15)10-20-13-4-3-11(16)9-12(13)18-14(20)17/h3-4,9H,5-8,10H2,1-2H3,(H2,17,18). The van der Waals surface area contributed by atoms with E-state index in [4.69, 9.17) is 17.3 Å². The van der Waals surface area contributed by atoms with Gasteiger partial charge >= 0.3 is 0 Å². The summed E-state index contributed by atoms with van der Waals surface area (Å²) in [6.45, 7) is 5.57. The number of piperidine rings is 1. The van der Waals surface area contributed by atoms with Gasteiger partial charge in [-0.15, -0.1) is 0 Å². The van der Waals surface area contributed by atoms with Crippen LogP contribution in [0.2, 0.25) is 5.02 Å². The normalized spacial score (nSPS) is 19.6. The highest BCUT2D eigenvalue weighted by Gasteiger charge is 2.30. The van der Waals surface area contributed by atoms with E-state index in [1.807, 2.05) is 18.2 Å². The van der Waals surface area contributed by atoms with Crippen molar-refractivity contribution in [2.75, 3.05) is 25.9 Å². The first-order chi connectivity index (χ1) is 9.47. The number of hydrogen-bond donors (Lipinski definition) is 1. The molecule has 0 bridgehead atoms. The van der Waals surface area contributed by atoms with Crippen LogP contribution < -0.4 is 5.73 Å². The van der Waals surface area contributed by atoms with Crippen LogP contribution in [-0.2, 0) is 6.54 Å². The number of fused-ring (bicyclic) bond motifs is 1. The van der Waals surface area contributed by atoms with Crippen LogP contribution in [0.3, 0.4) is 0 Å². The summed E-state index contributed by atoms with van der Waals surface area (Å²) in [6.07, 6.45) is 2.38. The maximum Gasteiger partial charge on any atom is 0.201 e. The van der Waals surface area contributed by atoms with Crippen LogP contribution in [0, 0.1) is 5.41 Å². The predicted octanol–water partition coefficient (Wildman–Crippen LogP) is 3.00. The summed E-state index contributed by atoms with van der Waals surface area (Å²) in [5, 5.41) is 0.702. The molecule has 0 saturated carbocycles. The maximum atomic E-state index is 6.11. The van der Waals surface area contributed by atoms with E-state index in [2.05, 4.69) is 28.4 Å². The van der Waals surface area contributed by atoms with E-state index in [9.17, 15) is 0 Å². The SMILES string of the molecule is CN1CCC(C)(Cn2c(N)nc3cc(Cl)ccc32)CC1. The van der Waals surface area contributed by atoms with Gasteiger partial charge in [0.1, 0.15) is 0 Å². The Bertz CT molecular complexity index is 626. The Balaban J connectivity index is 1.92. The average molecular weight is 293 g/mol. The molecule has 0 spiro atoms. The van der Waals surface area contributed by atoms with Gasteiger partial charge < -0.3 is 15.2 Å². The van der Waals surface area contributed by atoms with E-state index < -0.39 is 0 Å². The van der Waals surface area contributed by atoms with Crippen LogP contribution >= 0.6 is 11.6 Å². The summed E-state index contributed by atoms with van der Waals surface area (Å²) in [6, 6.07) is 5.79. The number of benzene rings is 1. The second kappa shape index (κ2) is 4.93. The number of imidazole rings is 1. The Kier molecular flexibility index (Phi) is 3.38. The van der Waals surface area contributed by atoms with Gasteiger partial charge in [-0.3, -0.25) is 0 Å². The van der Waals surface area contributed by atoms with Crippen molar-refractivity contribution in [2.45, 2.75) is 26.3 Å². The maximum absolute atomic E-state index is 6.11. The molecule has 1 aromatic carbocycles. The summed E-state index contributed by atoms with van der Waals surface area (Å²) in [7, 11) is 2.18. The van der Waals surface area contributed by atoms with Gasteiger partial charge in [0.2, 0.25) is 5.95 Å². The molecule has 1 aromatic heterocycles. The molecule has 0 atom stereocenters. The molecule has 2 N–H and O–H groups in total. The number of rotatable bonds is 2. The van der Waals surface area contributed by atoms with Crippen LogP contribution in [-0.4, -0.2) is 34.6 Å². The third-order valence-electron chi connectivity index (χ3n) is 4.47. The van der Waals surface area contributed by atoms with Gasteiger partial charge in [-0.2, -0.15) is 0 Å². The highest BCUT2D eigenvalue weighted by Crippen LogP contribution is 2.34. The molecule has 5 heteroatoms. The summed E-state index contributed by atoms with van der Waals surface area (Å²) in [4.78, 5) is 6.82. The van der Waals surface area contributed by atoms with Gasteiger partial charge in [-0.1, -0.05) is 18.5 Å². The minimum absolute atomic E-state index is 0.286. The van der Waals surface area contributed by atoms with E-state index in [1.165, 1.54) is 12.8 Å². The fourth-order valence-electron chi connectivity index (χ4n) is 2.99. The lowest BCUT2D eigenvalue weighted by Crippen LogP contribution is -2.38. The molecule has 1 fully saturated rings. The molecule has 0 unspecified atom stereocenters. The fourth-order valence-corrected chi connectivity index (χ4v) is 3.15. The zero-order valence-electron chi connectivity index (χ0n) is 12.1. The first-order valence-corrected chi connectivity index (χ1v) is 7.44. The van der Waals surface area contributed by atoms with Crippen molar-refractivity contribution in [1.29, 1.82) is 0 Å². The zero-order valence-corrected chi connectivity index (χ0v) is 12.8. The molecule has 3 rings (SSSR count). The van der Waals surface area contributed by atoms with E-state index in [0.717, 1.165) is 30.7 Å². The minimum Gasteiger partial charge on any atom is -0.369 e. The molecular formula is C15H21ClN4. The summed E-state index contributed by atoms with van der Waals surface area (Å²) < 4.78 is 2.14. The number of anilines is 1. The van der Waals surface area contributed by atoms with Gasteiger partial charge in [-0.05, 0) is 56.6 Å². The largest absolute Gasteiger partial charge is 0.369 e. The average Bonchev–Trinajstić information content (AvgIpc) is 2.69. The number of likely N-dealkylation sites (tertiary alicyclic amines) is 1. The van der Waals surface area contributed by atoms with Crippen molar-refractivity contribution < 1.29 is 0 Å². The second-order valence-corrected chi connectivity index (χ2v) is 6.74. The lowest BCUT2D eigenvalue weighted by molar-refractivity contribution is 0.122. The van der Waals surface area contributed by atoms with Gasteiger partial charge in [0, 0.05) is 11.6 Å². The van der Waals surface area contributed by atoms with Crippen molar-refractivity contribution in [1.82, 2.24) is 14.5 Å². The molecule has 0 radical (unpaired) electrons. The molecule has 1 aliphatic heterocycles. The minimum atomic E-state index is 0.286. The molecule has 1 saturated heterocycles. The number of nitrogens with zero attached hydrogens (tertiary/aromatic N) is 3. The molecular weight excluding hydrogens is 272 g/mol. The van der Waals surface area contributed by atoms with E-state index in [0.29, 0.717) is 11.0 Å². The molecule has 1 aliphatic rings. The molecule has 108 valence electrons. The quantitative estimate of drug-likeness (QED) is 0.925. The Morgan fingerprint density at radius 2 is 2.05 bits per heavy atom. The molecule has 2 heterocycles. The summed E-state index contributed by atoms with van der Waals surface area (Å²) in [5.41, 5.74) is 8.35. The van der Waals surface area contributed by atoms with Crippen molar-refractivity contribution >= 4 is 28.6 Å². The highest BCUT2D eigenvalue weighted by atomic mass is 35.5. The molecule has 2 aromatic rings. The summed E-state index contributed by atoms with van der Waals surface area (Å²) >= 11 is 6.02. The van der Waals surface area contributed by atoms with Crippen LogP contribution in [0.4, 0.5) is 5.95 Å². The Morgan fingerprint density at radius 3 is 2.75 bits per heavy atom. The number of hydrogen-bond acceptors (Lipinski definition) is 3. The monoisotopic (exact) mass is 292 g/mol. The predicted molar refractivity (Wildman–Crippen MR) is 84.0 cm³/mol. The van der Waals surface area contributed by atoms with E-state index in [-0.39, 0.29) is 5.41 Å². The van der Waals surface area contributed by atoms with Gasteiger partial charge in [0.25, 0.3) is 0 Å². The van der Waals surface area contributed by atoms with Gasteiger partial charge in [0.15, 0.2) is 0 Å². The van der Waals surface area contributed by atoms with Crippen molar-refractivity contribution in [3.63, 3.8) is 0 Å². The van der Waals surface area contributed by atoms with Crippen LogP contribution in [0.15, 0.2) is 18.2 Å². The van der Waals surface area contributed by atoms with Gasteiger partial charge in [0.05, 0.1) is 11.0 Å². The van der Waals surface area contributed by atoms with Crippen molar-refractivity contribution in [2.24, 2.45) is 5.41 Å². The molecule has 4 nitrogen and oxygen atoms in total. The first-order valence-electron chi connectivity index (χ1n) is 7.07. The highest BCUT2D eigenvalue weighted by molar-refractivity contribution is 6.31. The lowest BCUT2D eigenvalue weighted by atomic mass is 9.80. The number of nitrogens with two attached hydrogens (primary N) is 1. The first kappa shape index (κ1) is 13.7. The Hall–Kier alpha value is -1.26. The van der Waals surface area contributed by atoms with E-state index in [1.54, 1.807) is 0 Å². The molecule has 0 aliphatic carbocycles. The van der Waals surface area contributed by atoms with Crippen molar-refractivity contribution in [3.8, 4) is 0 Å². The van der Waals surface area contributed by atoms with E-state index >= 15 is 0 Å². The Morgan fingerprint density at radius 1 is 1.35 bits per heavy atom. The van der Waals surface area contributed by atoms with Crippen LogP contribution in [0.5, 0.6) is 0 Å².